The molecule has 1 aliphatic rings. The Labute approximate surface area is 85.1 Å². The molecular formula is C5H5F6O4P. The molecule has 1 rings (SSSR count). The van der Waals surface area contributed by atoms with Gasteiger partial charge >= 0.3 is 20.2 Å². The van der Waals surface area contributed by atoms with Gasteiger partial charge in [-0.1, -0.05) is 0 Å². The summed E-state index contributed by atoms with van der Waals surface area (Å²) in [5, 5.41) is 0. The average molecular weight is 274 g/mol. The molecule has 0 saturated carbocycles. The van der Waals surface area contributed by atoms with Crippen LogP contribution in [0.5, 0.6) is 0 Å². The number of phosphoric acid groups is 1. The smallest absolute Gasteiger partial charge is 0.284 e. The van der Waals surface area contributed by atoms with E-state index >= 15 is 0 Å². The van der Waals surface area contributed by atoms with E-state index in [1.165, 1.54) is 0 Å². The van der Waals surface area contributed by atoms with Gasteiger partial charge in [0.1, 0.15) is 0 Å². The molecular weight excluding hydrogens is 269 g/mol. The summed E-state index contributed by atoms with van der Waals surface area (Å²) >= 11 is 0. The molecule has 0 N–H and O–H groups in total. The Morgan fingerprint density at radius 2 is 1.38 bits per heavy atom. The third-order valence-electron chi connectivity index (χ3n) is 1.41. The van der Waals surface area contributed by atoms with Gasteiger partial charge in [-0.05, 0) is 0 Å². The Kier molecular flexibility index (Phi) is 3.59. The van der Waals surface area contributed by atoms with E-state index in [1.54, 1.807) is 0 Å². The molecule has 0 spiro atoms. The lowest BCUT2D eigenvalue weighted by Gasteiger charge is -2.24. The van der Waals surface area contributed by atoms with E-state index in [-0.39, 0.29) is 13.2 Å². The third kappa shape index (κ3) is 3.34. The maximum absolute atomic E-state index is 12.0. The first kappa shape index (κ1) is 13.8. The molecule has 0 bridgehead atoms. The van der Waals surface area contributed by atoms with Crippen LogP contribution in [0.3, 0.4) is 0 Å². The molecule has 1 fully saturated rings. The summed E-state index contributed by atoms with van der Waals surface area (Å²) in [4.78, 5) is 0. The van der Waals surface area contributed by atoms with Gasteiger partial charge < -0.3 is 0 Å². The van der Waals surface area contributed by atoms with E-state index in [4.69, 9.17) is 0 Å². The number of alkyl halides is 6. The molecule has 0 radical (unpaired) electrons. The van der Waals surface area contributed by atoms with Crippen molar-refractivity contribution in [3.8, 4) is 0 Å². The maximum atomic E-state index is 12.0. The SMILES string of the molecule is O=P1(OC(C(F)(F)F)C(F)(F)F)OCCO1. The van der Waals surface area contributed by atoms with Crippen molar-refractivity contribution in [1.82, 2.24) is 0 Å². The lowest BCUT2D eigenvalue weighted by Crippen LogP contribution is -2.43. The minimum absolute atomic E-state index is 0.389. The highest BCUT2D eigenvalue weighted by Gasteiger charge is 2.61. The van der Waals surface area contributed by atoms with Crippen LogP contribution in [0.25, 0.3) is 0 Å². The number of rotatable bonds is 2. The fourth-order valence-corrected chi connectivity index (χ4v) is 2.12. The first-order valence-corrected chi connectivity index (χ1v) is 5.22. The minimum Gasteiger partial charge on any atom is -0.284 e. The zero-order valence-electron chi connectivity index (χ0n) is 7.34. The predicted octanol–water partition coefficient (Wildman–Crippen LogP) is 2.65. The Hall–Kier alpha value is -0.310. The van der Waals surface area contributed by atoms with Crippen molar-refractivity contribution in [3.05, 3.63) is 0 Å². The van der Waals surface area contributed by atoms with Gasteiger partial charge in [0, 0.05) is 0 Å². The van der Waals surface area contributed by atoms with Crippen molar-refractivity contribution in [2.45, 2.75) is 18.5 Å². The van der Waals surface area contributed by atoms with E-state index in [9.17, 15) is 30.9 Å². The van der Waals surface area contributed by atoms with Crippen LogP contribution in [0.15, 0.2) is 0 Å². The van der Waals surface area contributed by atoms with Gasteiger partial charge in [0.15, 0.2) is 0 Å². The average Bonchev–Trinajstić information content (AvgIpc) is 2.45. The quantitative estimate of drug-likeness (QED) is 0.573. The predicted molar refractivity (Wildman–Crippen MR) is 36.5 cm³/mol. The summed E-state index contributed by atoms with van der Waals surface area (Å²) in [6, 6.07) is 0. The molecule has 0 aromatic heterocycles. The van der Waals surface area contributed by atoms with E-state index in [0.717, 1.165) is 0 Å². The molecule has 0 aromatic carbocycles. The van der Waals surface area contributed by atoms with E-state index < -0.39 is 26.3 Å². The van der Waals surface area contributed by atoms with Crippen LogP contribution in [-0.2, 0) is 18.1 Å². The molecule has 0 unspecified atom stereocenters. The monoisotopic (exact) mass is 274 g/mol. The molecule has 96 valence electrons. The number of phosphoric ester groups is 1. The zero-order valence-corrected chi connectivity index (χ0v) is 8.23. The molecule has 1 saturated heterocycles. The van der Waals surface area contributed by atoms with Gasteiger partial charge in [0.2, 0.25) is 0 Å². The molecule has 1 aliphatic heterocycles. The van der Waals surface area contributed by atoms with Crippen molar-refractivity contribution in [2.24, 2.45) is 0 Å². The van der Waals surface area contributed by atoms with Gasteiger partial charge in [0.25, 0.3) is 6.10 Å². The second-order valence-corrected chi connectivity index (χ2v) is 4.30. The molecule has 11 heteroatoms. The number of hydrogen-bond donors (Lipinski definition) is 0. The first-order chi connectivity index (χ1) is 7.05. The van der Waals surface area contributed by atoms with Gasteiger partial charge in [-0.2, -0.15) is 26.3 Å². The van der Waals surface area contributed by atoms with Crippen LogP contribution in [0, 0.1) is 0 Å². The molecule has 0 atom stereocenters. The number of hydrogen-bond acceptors (Lipinski definition) is 4. The molecule has 0 amide bonds. The highest BCUT2D eigenvalue weighted by molar-refractivity contribution is 7.48. The normalized spacial score (nSPS) is 21.7. The lowest BCUT2D eigenvalue weighted by atomic mass is 10.3. The van der Waals surface area contributed by atoms with Crippen molar-refractivity contribution >= 4 is 7.82 Å². The Morgan fingerprint density at radius 3 is 1.69 bits per heavy atom. The van der Waals surface area contributed by atoms with E-state index in [0.29, 0.717) is 0 Å². The van der Waals surface area contributed by atoms with Gasteiger partial charge in [0.05, 0.1) is 13.2 Å². The topological polar surface area (TPSA) is 44.8 Å². The van der Waals surface area contributed by atoms with Gasteiger partial charge in [-0.15, -0.1) is 0 Å². The van der Waals surface area contributed by atoms with Crippen molar-refractivity contribution < 1.29 is 44.5 Å². The molecule has 0 aromatic rings. The highest BCUT2D eigenvalue weighted by Crippen LogP contribution is 2.57. The van der Waals surface area contributed by atoms with Crippen molar-refractivity contribution in [1.29, 1.82) is 0 Å². The van der Waals surface area contributed by atoms with Crippen LogP contribution >= 0.6 is 7.82 Å². The van der Waals surface area contributed by atoms with Crippen LogP contribution in [-0.4, -0.2) is 31.7 Å². The fraction of sp³-hybridized carbons (Fsp3) is 1.00. The largest absolute Gasteiger partial charge is 0.475 e. The standard InChI is InChI=1S/C5H5F6O4P/c6-4(7,8)3(5(9,10)11)15-16(12)13-1-2-14-16/h3H,1-2H2. The first-order valence-electron chi connectivity index (χ1n) is 3.75. The molecule has 4 nitrogen and oxygen atoms in total. The van der Waals surface area contributed by atoms with Crippen molar-refractivity contribution in [2.75, 3.05) is 13.2 Å². The van der Waals surface area contributed by atoms with Crippen LogP contribution < -0.4 is 0 Å². The van der Waals surface area contributed by atoms with Crippen LogP contribution in [0.2, 0.25) is 0 Å². The summed E-state index contributed by atoms with van der Waals surface area (Å²) in [6.07, 6.45) is -15.7. The highest BCUT2D eigenvalue weighted by atomic mass is 31.2. The van der Waals surface area contributed by atoms with Gasteiger partial charge in [-0.25, -0.2) is 4.57 Å². The zero-order chi connectivity index (χ0) is 12.6. The lowest BCUT2D eigenvalue weighted by molar-refractivity contribution is -0.303. The Bertz CT molecular complexity index is 274. The molecule has 16 heavy (non-hydrogen) atoms. The summed E-state index contributed by atoms with van der Waals surface area (Å²) in [5.41, 5.74) is 0. The van der Waals surface area contributed by atoms with E-state index in [1.807, 2.05) is 0 Å². The molecule has 0 aliphatic carbocycles. The second-order valence-electron chi connectivity index (χ2n) is 2.68. The fourth-order valence-electron chi connectivity index (χ4n) is 0.830. The van der Waals surface area contributed by atoms with Crippen LogP contribution in [0.4, 0.5) is 26.3 Å². The van der Waals surface area contributed by atoms with Gasteiger partial charge in [-0.3, -0.25) is 13.6 Å². The minimum atomic E-state index is -5.75. The summed E-state index contributed by atoms with van der Waals surface area (Å²) < 4.78 is 94.4. The summed E-state index contributed by atoms with van der Waals surface area (Å²) in [7, 11) is -4.76. The Morgan fingerprint density at radius 1 is 1.00 bits per heavy atom. The Balaban J connectivity index is 2.84. The molecule has 1 heterocycles. The summed E-state index contributed by atoms with van der Waals surface area (Å²) in [5.74, 6) is 0. The third-order valence-corrected chi connectivity index (χ3v) is 2.88. The van der Waals surface area contributed by atoms with E-state index in [2.05, 4.69) is 13.6 Å². The van der Waals surface area contributed by atoms with Crippen LogP contribution in [0.1, 0.15) is 0 Å². The van der Waals surface area contributed by atoms with Crippen molar-refractivity contribution in [3.63, 3.8) is 0 Å². The number of halogens is 6. The summed E-state index contributed by atoms with van der Waals surface area (Å²) in [6.45, 7) is -0.778. The maximum Gasteiger partial charge on any atom is 0.475 e. The second kappa shape index (κ2) is 4.17.